The smallest absolute Gasteiger partial charge is 0.220 e. The van der Waals surface area contributed by atoms with Gasteiger partial charge in [-0.25, -0.2) is 0 Å². The van der Waals surface area contributed by atoms with Gasteiger partial charge in [-0.1, -0.05) is 6.92 Å². The molecule has 0 aromatic carbocycles. The summed E-state index contributed by atoms with van der Waals surface area (Å²) in [5.74, 6) is 1.05. The van der Waals surface area contributed by atoms with Gasteiger partial charge in [-0.2, -0.15) is 0 Å². The SMILES string of the molecule is CC(N)CCC(=O)NCCCCN1CCC(C)CC1. The average Bonchev–Trinajstić information content (AvgIpc) is 2.38. The molecule has 1 aliphatic heterocycles. The van der Waals surface area contributed by atoms with Gasteiger partial charge in [-0.05, 0) is 64.6 Å². The third-order valence-corrected chi connectivity index (χ3v) is 3.93. The second-order valence-corrected chi connectivity index (χ2v) is 6.10. The van der Waals surface area contributed by atoms with Crippen LogP contribution in [-0.2, 0) is 4.79 Å². The lowest BCUT2D eigenvalue weighted by molar-refractivity contribution is -0.121. The number of likely N-dealkylation sites (tertiary alicyclic amines) is 1. The van der Waals surface area contributed by atoms with Crippen LogP contribution in [0, 0.1) is 5.92 Å². The van der Waals surface area contributed by atoms with E-state index in [1.807, 2.05) is 6.92 Å². The summed E-state index contributed by atoms with van der Waals surface area (Å²) in [6, 6.07) is 0.118. The fraction of sp³-hybridized carbons (Fsp3) is 0.933. The summed E-state index contributed by atoms with van der Waals surface area (Å²) in [7, 11) is 0. The Balaban J connectivity index is 1.92. The van der Waals surface area contributed by atoms with Crippen LogP contribution in [-0.4, -0.2) is 43.0 Å². The number of amides is 1. The lowest BCUT2D eigenvalue weighted by Crippen LogP contribution is -2.34. The van der Waals surface area contributed by atoms with Crippen LogP contribution in [0.25, 0.3) is 0 Å². The Morgan fingerprint density at radius 1 is 1.37 bits per heavy atom. The van der Waals surface area contributed by atoms with Crippen molar-refractivity contribution in [3.8, 4) is 0 Å². The fourth-order valence-corrected chi connectivity index (χ4v) is 2.42. The molecule has 0 spiro atoms. The van der Waals surface area contributed by atoms with E-state index in [9.17, 15) is 4.79 Å². The predicted octanol–water partition coefficient (Wildman–Crippen LogP) is 1.74. The molecule has 1 saturated heterocycles. The van der Waals surface area contributed by atoms with Crippen molar-refractivity contribution < 1.29 is 4.79 Å². The van der Waals surface area contributed by atoms with Gasteiger partial charge in [-0.3, -0.25) is 4.79 Å². The highest BCUT2D eigenvalue weighted by Crippen LogP contribution is 2.15. The number of nitrogens with two attached hydrogens (primary N) is 1. The molecule has 1 rings (SSSR count). The number of hydrogen-bond donors (Lipinski definition) is 2. The first-order valence-electron chi connectivity index (χ1n) is 7.82. The Morgan fingerprint density at radius 3 is 2.68 bits per heavy atom. The second kappa shape index (κ2) is 9.32. The first-order valence-corrected chi connectivity index (χ1v) is 7.82. The number of carbonyl (C=O) groups excluding carboxylic acids is 1. The quantitative estimate of drug-likeness (QED) is 0.660. The van der Waals surface area contributed by atoms with Crippen molar-refractivity contribution >= 4 is 5.91 Å². The average molecular weight is 269 g/mol. The zero-order chi connectivity index (χ0) is 14.1. The summed E-state index contributed by atoms with van der Waals surface area (Å²) < 4.78 is 0. The number of carbonyl (C=O) groups is 1. The Morgan fingerprint density at radius 2 is 2.05 bits per heavy atom. The molecule has 1 unspecified atom stereocenters. The van der Waals surface area contributed by atoms with Gasteiger partial charge in [0.05, 0.1) is 0 Å². The summed E-state index contributed by atoms with van der Waals surface area (Å²) in [5, 5.41) is 2.97. The molecule has 19 heavy (non-hydrogen) atoms. The summed E-state index contributed by atoms with van der Waals surface area (Å²) in [5.41, 5.74) is 5.62. The maximum atomic E-state index is 11.5. The van der Waals surface area contributed by atoms with Crippen LogP contribution in [0.15, 0.2) is 0 Å². The Bertz CT molecular complexity index is 248. The molecule has 4 heteroatoms. The number of nitrogens with one attached hydrogen (secondary N) is 1. The molecule has 4 nitrogen and oxygen atoms in total. The highest BCUT2D eigenvalue weighted by molar-refractivity contribution is 5.75. The van der Waals surface area contributed by atoms with E-state index in [1.54, 1.807) is 0 Å². The molecular formula is C15H31N3O. The van der Waals surface area contributed by atoms with Gasteiger partial charge in [-0.15, -0.1) is 0 Å². The van der Waals surface area contributed by atoms with E-state index in [-0.39, 0.29) is 11.9 Å². The molecule has 1 atom stereocenters. The van der Waals surface area contributed by atoms with E-state index in [0.29, 0.717) is 6.42 Å². The van der Waals surface area contributed by atoms with Crippen LogP contribution in [0.4, 0.5) is 0 Å². The van der Waals surface area contributed by atoms with Crippen LogP contribution < -0.4 is 11.1 Å². The number of unbranched alkanes of at least 4 members (excludes halogenated alkanes) is 1. The van der Waals surface area contributed by atoms with E-state index in [1.165, 1.54) is 38.9 Å². The summed E-state index contributed by atoms with van der Waals surface area (Å²) in [6.07, 6.45) is 6.28. The minimum atomic E-state index is 0.118. The van der Waals surface area contributed by atoms with Gasteiger partial charge in [0.15, 0.2) is 0 Å². The molecule has 0 aromatic rings. The summed E-state index contributed by atoms with van der Waals surface area (Å²) in [4.78, 5) is 14.0. The van der Waals surface area contributed by atoms with Crippen LogP contribution in [0.3, 0.4) is 0 Å². The lowest BCUT2D eigenvalue weighted by atomic mass is 9.99. The molecule has 0 radical (unpaired) electrons. The van der Waals surface area contributed by atoms with E-state index in [0.717, 1.165) is 25.3 Å². The van der Waals surface area contributed by atoms with E-state index >= 15 is 0 Å². The van der Waals surface area contributed by atoms with Crippen molar-refractivity contribution in [2.24, 2.45) is 11.7 Å². The lowest BCUT2D eigenvalue weighted by Gasteiger charge is -2.30. The number of nitrogens with zero attached hydrogens (tertiary/aromatic N) is 1. The number of rotatable bonds is 8. The van der Waals surface area contributed by atoms with Crippen molar-refractivity contribution in [2.45, 2.75) is 58.4 Å². The monoisotopic (exact) mass is 269 g/mol. The number of piperidine rings is 1. The Labute approximate surface area is 118 Å². The van der Waals surface area contributed by atoms with Crippen LogP contribution in [0.5, 0.6) is 0 Å². The van der Waals surface area contributed by atoms with Crippen molar-refractivity contribution in [2.75, 3.05) is 26.2 Å². The minimum absolute atomic E-state index is 0.118. The topological polar surface area (TPSA) is 58.4 Å². The molecule has 0 aromatic heterocycles. The standard InChI is InChI=1S/C15H31N3O/c1-13-7-11-18(12-8-13)10-4-3-9-17-15(19)6-5-14(2)16/h13-14H,3-12,16H2,1-2H3,(H,17,19). The molecule has 1 heterocycles. The highest BCUT2D eigenvalue weighted by atomic mass is 16.1. The molecule has 1 amide bonds. The number of hydrogen-bond acceptors (Lipinski definition) is 3. The largest absolute Gasteiger partial charge is 0.356 e. The Hall–Kier alpha value is -0.610. The van der Waals surface area contributed by atoms with Gasteiger partial charge in [0, 0.05) is 19.0 Å². The third-order valence-electron chi connectivity index (χ3n) is 3.93. The maximum Gasteiger partial charge on any atom is 0.220 e. The van der Waals surface area contributed by atoms with Crippen molar-refractivity contribution in [1.29, 1.82) is 0 Å². The van der Waals surface area contributed by atoms with Gasteiger partial charge in [0.25, 0.3) is 0 Å². The fourth-order valence-electron chi connectivity index (χ4n) is 2.42. The van der Waals surface area contributed by atoms with Crippen molar-refractivity contribution in [1.82, 2.24) is 10.2 Å². The maximum absolute atomic E-state index is 11.5. The molecule has 1 fully saturated rings. The van der Waals surface area contributed by atoms with Gasteiger partial charge in [0.1, 0.15) is 0 Å². The molecular weight excluding hydrogens is 238 g/mol. The van der Waals surface area contributed by atoms with E-state index in [2.05, 4.69) is 17.1 Å². The normalized spacial score (nSPS) is 19.3. The first kappa shape index (κ1) is 16.4. The highest BCUT2D eigenvalue weighted by Gasteiger charge is 2.14. The van der Waals surface area contributed by atoms with Gasteiger partial charge >= 0.3 is 0 Å². The summed E-state index contributed by atoms with van der Waals surface area (Å²) >= 11 is 0. The first-order chi connectivity index (χ1) is 9.08. The third kappa shape index (κ3) is 8.22. The molecule has 0 bridgehead atoms. The zero-order valence-corrected chi connectivity index (χ0v) is 12.7. The van der Waals surface area contributed by atoms with E-state index in [4.69, 9.17) is 5.73 Å². The minimum Gasteiger partial charge on any atom is -0.356 e. The van der Waals surface area contributed by atoms with Crippen LogP contribution in [0.2, 0.25) is 0 Å². The molecule has 1 aliphatic rings. The summed E-state index contributed by atoms with van der Waals surface area (Å²) in [6.45, 7) is 8.77. The second-order valence-electron chi connectivity index (χ2n) is 6.10. The van der Waals surface area contributed by atoms with Crippen molar-refractivity contribution in [3.63, 3.8) is 0 Å². The molecule has 0 aliphatic carbocycles. The molecule has 3 N–H and O–H groups in total. The van der Waals surface area contributed by atoms with Gasteiger partial charge in [0.2, 0.25) is 5.91 Å². The zero-order valence-electron chi connectivity index (χ0n) is 12.7. The Kier molecular flexibility index (Phi) is 8.07. The molecule has 112 valence electrons. The molecule has 0 saturated carbocycles. The van der Waals surface area contributed by atoms with Crippen LogP contribution in [0.1, 0.15) is 52.4 Å². The predicted molar refractivity (Wildman–Crippen MR) is 80.0 cm³/mol. The van der Waals surface area contributed by atoms with Gasteiger partial charge < -0.3 is 16.0 Å². The van der Waals surface area contributed by atoms with Crippen LogP contribution >= 0.6 is 0 Å². The van der Waals surface area contributed by atoms with E-state index < -0.39 is 0 Å². The van der Waals surface area contributed by atoms with Crippen molar-refractivity contribution in [3.05, 3.63) is 0 Å².